The van der Waals surface area contributed by atoms with Crippen LogP contribution in [0.5, 0.6) is 0 Å². The molecule has 0 aliphatic carbocycles. The first-order chi connectivity index (χ1) is 11.7. The Labute approximate surface area is 148 Å². The molecule has 2 atom stereocenters. The number of rotatable bonds is 3. The third kappa shape index (κ3) is 5.18. The Morgan fingerprint density at radius 2 is 1.88 bits per heavy atom. The molecule has 138 valence electrons. The Bertz CT molecular complexity index is 609. The first-order valence-electron chi connectivity index (χ1n) is 8.61. The van der Waals surface area contributed by atoms with Gasteiger partial charge in [-0.15, -0.1) is 0 Å². The van der Waals surface area contributed by atoms with Gasteiger partial charge in [0.05, 0.1) is 12.5 Å². The summed E-state index contributed by atoms with van der Waals surface area (Å²) in [4.78, 5) is 26.3. The van der Waals surface area contributed by atoms with Crippen molar-refractivity contribution in [3.05, 3.63) is 35.6 Å². The molecule has 2 rings (SSSR count). The smallest absolute Gasteiger partial charge is 0.410 e. The molecule has 1 fully saturated rings. The van der Waals surface area contributed by atoms with Crippen LogP contribution in [0.25, 0.3) is 0 Å². The Hall–Kier alpha value is -2.11. The number of hydrogen-bond acceptors (Lipinski definition) is 4. The maximum absolute atomic E-state index is 13.2. The number of amides is 1. The van der Waals surface area contributed by atoms with Gasteiger partial charge in [0.15, 0.2) is 0 Å². The van der Waals surface area contributed by atoms with Crippen LogP contribution in [0, 0.1) is 11.7 Å². The molecular formula is C19H26FNO4. The minimum Gasteiger partial charge on any atom is -0.466 e. The molecule has 1 amide bonds. The Kier molecular flexibility index (Phi) is 6.03. The minimum atomic E-state index is -0.583. The molecule has 0 bridgehead atoms. The second-order valence-electron chi connectivity index (χ2n) is 7.23. The molecule has 1 heterocycles. The van der Waals surface area contributed by atoms with E-state index in [1.54, 1.807) is 24.0 Å². The lowest BCUT2D eigenvalue weighted by Gasteiger charge is -2.38. The normalized spacial score (nSPS) is 20.9. The van der Waals surface area contributed by atoms with E-state index in [-0.39, 0.29) is 23.6 Å². The topological polar surface area (TPSA) is 55.8 Å². The molecule has 0 N–H and O–H groups in total. The van der Waals surface area contributed by atoms with Crippen LogP contribution < -0.4 is 0 Å². The van der Waals surface area contributed by atoms with E-state index < -0.39 is 11.7 Å². The molecular weight excluding hydrogens is 325 g/mol. The van der Waals surface area contributed by atoms with Gasteiger partial charge < -0.3 is 14.4 Å². The van der Waals surface area contributed by atoms with Crippen molar-refractivity contribution in [1.29, 1.82) is 0 Å². The highest BCUT2D eigenvalue weighted by atomic mass is 19.1. The Balaban J connectivity index is 2.21. The highest BCUT2D eigenvalue weighted by Crippen LogP contribution is 2.34. The van der Waals surface area contributed by atoms with E-state index in [0.717, 1.165) is 5.56 Å². The fourth-order valence-electron chi connectivity index (χ4n) is 3.02. The number of carbonyl (C=O) groups excluding carboxylic acids is 2. The van der Waals surface area contributed by atoms with Crippen LogP contribution in [-0.4, -0.2) is 42.3 Å². The second-order valence-corrected chi connectivity index (χ2v) is 7.23. The highest BCUT2D eigenvalue weighted by molar-refractivity contribution is 5.75. The lowest BCUT2D eigenvalue weighted by molar-refractivity contribution is -0.150. The summed E-state index contributed by atoms with van der Waals surface area (Å²) in [7, 11) is 0. The van der Waals surface area contributed by atoms with Gasteiger partial charge in [-0.25, -0.2) is 9.18 Å². The monoisotopic (exact) mass is 351 g/mol. The zero-order valence-electron chi connectivity index (χ0n) is 15.3. The van der Waals surface area contributed by atoms with Crippen LogP contribution in [0.2, 0.25) is 0 Å². The predicted molar refractivity (Wildman–Crippen MR) is 91.7 cm³/mol. The van der Waals surface area contributed by atoms with E-state index in [1.807, 2.05) is 20.8 Å². The number of benzene rings is 1. The predicted octanol–water partition coefficient (Wildman–Crippen LogP) is 3.73. The number of halogens is 1. The van der Waals surface area contributed by atoms with Gasteiger partial charge in [-0.2, -0.15) is 0 Å². The van der Waals surface area contributed by atoms with Crippen LogP contribution in [0.1, 0.15) is 45.6 Å². The van der Waals surface area contributed by atoms with Crippen LogP contribution in [0.15, 0.2) is 24.3 Å². The van der Waals surface area contributed by atoms with Crippen molar-refractivity contribution in [2.24, 2.45) is 5.92 Å². The molecule has 1 aliphatic heterocycles. The van der Waals surface area contributed by atoms with E-state index in [0.29, 0.717) is 26.1 Å². The van der Waals surface area contributed by atoms with Crippen molar-refractivity contribution < 1.29 is 23.5 Å². The van der Waals surface area contributed by atoms with E-state index >= 15 is 0 Å². The van der Waals surface area contributed by atoms with Gasteiger partial charge in [0.2, 0.25) is 0 Å². The van der Waals surface area contributed by atoms with Gasteiger partial charge in [0.1, 0.15) is 11.4 Å². The summed E-state index contributed by atoms with van der Waals surface area (Å²) in [5.41, 5.74) is 0.230. The third-order valence-corrected chi connectivity index (χ3v) is 4.15. The summed E-state index contributed by atoms with van der Waals surface area (Å²) in [5.74, 6) is -1.22. The van der Waals surface area contributed by atoms with Gasteiger partial charge in [-0.05, 0) is 51.8 Å². The average molecular weight is 351 g/mol. The molecule has 0 unspecified atom stereocenters. The minimum absolute atomic E-state index is 0.249. The molecule has 1 aromatic rings. The first kappa shape index (κ1) is 19.2. The van der Waals surface area contributed by atoms with E-state index in [1.165, 1.54) is 12.1 Å². The second kappa shape index (κ2) is 7.85. The molecule has 0 spiro atoms. The summed E-state index contributed by atoms with van der Waals surface area (Å²) in [6.45, 7) is 8.27. The molecule has 1 aliphatic rings. The zero-order chi connectivity index (χ0) is 18.6. The molecule has 0 radical (unpaired) electrons. The first-order valence-corrected chi connectivity index (χ1v) is 8.61. The standard InChI is InChI=1S/C19H26FNO4/c1-5-24-17(22)15-10-11-21(18(23)25-19(2,3)4)12-16(15)13-6-8-14(20)9-7-13/h6-9,15-16H,5,10-12H2,1-4H3/t15-,16+/m1/s1. The van der Waals surface area contributed by atoms with E-state index in [9.17, 15) is 14.0 Å². The summed E-state index contributed by atoms with van der Waals surface area (Å²) in [6, 6.07) is 6.05. The Morgan fingerprint density at radius 3 is 2.44 bits per heavy atom. The van der Waals surface area contributed by atoms with Gasteiger partial charge in [-0.3, -0.25) is 4.79 Å². The summed E-state index contributed by atoms with van der Waals surface area (Å²) in [5, 5.41) is 0. The number of likely N-dealkylation sites (tertiary alicyclic amines) is 1. The molecule has 6 heteroatoms. The van der Waals surface area contributed by atoms with Crippen molar-refractivity contribution in [1.82, 2.24) is 4.90 Å². The summed E-state index contributed by atoms with van der Waals surface area (Å²) in [6.07, 6.45) is 0.0852. The number of hydrogen-bond donors (Lipinski definition) is 0. The average Bonchev–Trinajstić information content (AvgIpc) is 2.53. The van der Waals surface area contributed by atoms with Crippen molar-refractivity contribution in [2.45, 2.75) is 45.6 Å². The summed E-state index contributed by atoms with van der Waals surface area (Å²) >= 11 is 0. The van der Waals surface area contributed by atoms with Crippen LogP contribution in [-0.2, 0) is 14.3 Å². The Morgan fingerprint density at radius 1 is 1.24 bits per heavy atom. The van der Waals surface area contributed by atoms with Crippen LogP contribution in [0.3, 0.4) is 0 Å². The maximum Gasteiger partial charge on any atom is 0.410 e. The zero-order valence-corrected chi connectivity index (χ0v) is 15.3. The number of esters is 1. The molecule has 5 nitrogen and oxygen atoms in total. The van der Waals surface area contributed by atoms with Crippen molar-refractivity contribution >= 4 is 12.1 Å². The molecule has 25 heavy (non-hydrogen) atoms. The van der Waals surface area contributed by atoms with Crippen molar-refractivity contribution in [2.75, 3.05) is 19.7 Å². The summed E-state index contributed by atoms with van der Waals surface area (Å²) < 4.78 is 23.9. The fourth-order valence-corrected chi connectivity index (χ4v) is 3.02. The quantitative estimate of drug-likeness (QED) is 0.779. The van der Waals surface area contributed by atoms with Gasteiger partial charge in [0.25, 0.3) is 0 Å². The largest absolute Gasteiger partial charge is 0.466 e. The fraction of sp³-hybridized carbons (Fsp3) is 0.579. The third-order valence-electron chi connectivity index (χ3n) is 4.15. The lowest BCUT2D eigenvalue weighted by Crippen LogP contribution is -2.47. The lowest BCUT2D eigenvalue weighted by atomic mass is 9.81. The van der Waals surface area contributed by atoms with Gasteiger partial charge >= 0.3 is 12.1 Å². The van der Waals surface area contributed by atoms with E-state index in [2.05, 4.69) is 0 Å². The molecule has 1 aromatic carbocycles. The number of piperidine rings is 1. The highest BCUT2D eigenvalue weighted by Gasteiger charge is 2.38. The molecule has 1 saturated heterocycles. The van der Waals surface area contributed by atoms with Crippen molar-refractivity contribution in [3.8, 4) is 0 Å². The van der Waals surface area contributed by atoms with E-state index in [4.69, 9.17) is 9.47 Å². The van der Waals surface area contributed by atoms with Gasteiger partial charge in [0, 0.05) is 19.0 Å². The number of ether oxygens (including phenoxy) is 2. The van der Waals surface area contributed by atoms with Crippen LogP contribution >= 0.6 is 0 Å². The molecule has 0 saturated carbocycles. The number of nitrogens with zero attached hydrogens (tertiary/aromatic N) is 1. The van der Waals surface area contributed by atoms with Crippen LogP contribution in [0.4, 0.5) is 9.18 Å². The SMILES string of the molecule is CCOC(=O)[C@@H]1CCN(C(=O)OC(C)(C)C)C[C@H]1c1ccc(F)cc1. The van der Waals surface area contributed by atoms with Crippen molar-refractivity contribution in [3.63, 3.8) is 0 Å². The van der Waals surface area contributed by atoms with Gasteiger partial charge in [-0.1, -0.05) is 12.1 Å². The maximum atomic E-state index is 13.2. The molecule has 0 aromatic heterocycles. The number of carbonyl (C=O) groups is 2.